The first-order valence-corrected chi connectivity index (χ1v) is 9.79. The number of aryl methyl sites for hydroxylation is 1. The zero-order chi connectivity index (χ0) is 22.8. The van der Waals surface area contributed by atoms with Crippen LogP contribution in [-0.4, -0.2) is 37.6 Å². The molecule has 10 nitrogen and oxygen atoms in total. The highest BCUT2D eigenvalue weighted by molar-refractivity contribution is 5.99. The summed E-state index contributed by atoms with van der Waals surface area (Å²) in [4.78, 5) is 29.4. The van der Waals surface area contributed by atoms with Gasteiger partial charge in [0, 0.05) is 18.1 Å². The first-order chi connectivity index (χ1) is 15.4. The van der Waals surface area contributed by atoms with Crippen molar-refractivity contribution in [3.05, 3.63) is 70.7 Å². The van der Waals surface area contributed by atoms with E-state index in [0.29, 0.717) is 35.0 Å². The Balaban J connectivity index is 1.52. The van der Waals surface area contributed by atoms with Gasteiger partial charge < -0.3 is 19.0 Å². The van der Waals surface area contributed by atoms with E-state index < -0.39 is 18.5 Å². The lowest BCUT2D eigenvalue weighted by atomic mass is 10.2. The molecule has 0 aliphatic rings. The monoisotopic (exact) mass is 432 g/mol. The van der Waals surface area contributed by atoms with Gasteiger partial charge in [0.2, 0.25) is 0 Å². The van der Waals surface area contributed by atoms with Gasteiger partial charge in [-0.15, -0.1) is 0 Å². The summed E-state index contributed by atoms with van der Waals surface area (Å²) >= 11 is 0. The van der Waals surface area contributed by atoms with Gasteiger partial charge in [-0.2, -0.15) is 10.4 Å². The number of anilines is 1. The van der Waals surface area contributed by atoms with Gasteiger partial charge in [-0.1, -0.05) is 0 Å². The normalized spacial score (nSPS) is 10.8. The summed E-state index contributed by atoms with van der Waals surface area (Å²) in [5, 5.41) is 16.5. The molecule has 1 N–H and O–H groups in total. The van der Waals surface area contributed by atoms with Crippen LogP contribution < -0.4 is 5.32 Å². The fourth-order valence-electron chi connectivity index (χ4n) is 3.49. The van der Waals surface area contributed by atoms with Crippen LogP contribution in [0.2, 0.25) is 0 Å². The van der Waals surface area contributed by atoms with Crippen LogP contribution in [0.1, 0.15) is 38.6 Å². The van der Waals surface area contributed by atoms with Crippen molar-refractivity contribution < 1.29 is 18.7 Å². The molecular weight excluding hydrogens is 412 g/mol. The van der Waals surface area contributed by atoms with Gasteiger partial charge in [0.15, 0.2) is 12.3 Å². The van der Waals surface area contributed by atoms with Crippen LogP contribution in [0.25, 0.3) is 5.65 Å². The Morgan fingerprint density at radius 3 is 2.81 bits per heavy atom. The molecule has 0 unspecified atom stereocenters. The molecule has 0 fully saturated rings. The standard InChI is InChI=1S/C22H20N6O4/c1-13-15(3)27(11-16-6-4-9-31-16)20(17(13)10-23)25-18(29)12-32-22(30)19-14(2)26-28-8-5-7-24-21(19)28/h4-9H,11-12H2,1-3H3,(H,25,29). The van der Waals surface area contributed by atoms with Crippen LogP contribution >= 0.6 is 0 Å². The second-order valence-corrected chi connectivity index (χ2v) is 7.18. The average Bonchev–Trinajstić information content (AvgIpc) is 3.46. The Morgan fingerprint density at radius 1 is 1.28 bits per heavy atom. The largest absolute Gasteiger partial charge is 0.467 e. The van der Waals surface area contributed by atoms with E-state index in [-0.39, 0.29) is 5.56 Å². The lowest BCUT2D eigenvalue weighted by Crippen LogP contribution is -2.23. The van der Waals surface area contributed by atoms with Crippen molar-refractivity contribution in [2.75, 3.05) is 11.9 Å². The zero-order valence-electron chi connectivity index (χ0n) is 17.7. The number of nitrogens with zero attached hydrogens (tertiary/aromatic N) is 5. The van der Waals surface area contributed by atoms with E-state index in [9.17, 15) is 14.9 Å². The second-order valence-electron chi connectivity index (χ2n) is 7.18. The van der Waals surface area contributed by atoms with Gasteiger partial charge in [0.05, 0.1) is 24.1 Å². The number of ether oxygens (including phenoxy) is 1. The summed E-state index contributed by atoms with van der Waals surface area (Å²) in [5.74, 6) is -0.278. The number of hydrogen-bond acceptors (Lipinski definition) is 7. The Hall–Kier alpha value is -4.39. The Labute approximate surface area is 183 Å². The number of aromatic nitrogens is 4. The molecule has 32 heavy (non-hydrogen) atoms. The highest BCUT2D eigenvalue weighted by Gasteiger charge is 2.23. The smallest absolute Gasteiger partial charge is 0.344 e. The second kappa shape index (κ2) is 8.39. The number of furan rings is 1. The number of nitrogens with one attached hydrogen (secondary N) is 1. The van der Waals surface area contributed by atoms with Crippen molar-refractivity contribution in [2.45, 2.75) is 27.3 Å². The molecule has 0 aliphatic heterocycles. The zero-order valence-corrected chi connectivity index (χ0v) is 17.7. The summed E-state index contributed by atoms with van der Waals surface area (Å²) in [6.07, 6.45) is 4.77. The minimum absolute atomic E-state index is 0.198. The first-order valence-electron chi connectivity index (χ1n) is 9.79. The van der Waals surface area contributed by atoms with Gasteiger partial charge in [-0.05, 0) is 44.5 Å². The highest BCUT2D eigenvalue weighted by Crippen LogP contribution is 2.27. The number of fused-ring (bicyclic) bond motifs is 1. The predicted octanol–water partition coefficient (Wildman–Crippen LogP) is 2.76. The van der Waals surface area contributed by atoms with Crippen LogP contribution in [0.3, 0.4) is 0 Å². The minimum Gasteiger partial charge on any atom is -0.467 e. The quantitative estimate of drug-likeness (QED) is 0.464. The van der Waals surface area contributed by atoms with Crippen LogP contribution in [0.4, 0.5) is 5.82 Å². The lowest BCUT2D eigenvalue weighted by molar-refractivity contribution is -0.119. The Kier molecular flexibility index (Phi) is 5.47. The number of rotatable bonds is 6. The van der Waals surface area contributed by atoms with Crippen molar-refractivity contribution in [1.29, 1.82) is 5.26 Å². The Bertz CT molecular complexity index is 1360. The number of hydrogen-bond donors (Lipinski definition) is 1. The van der Waals surface area contributed by atoms with Crippen molar-refractivity contribution in [3.8, 4) is 6.07 Å². The number of esters is 1. The molecule has 0 atom stereocenters. The molecule has 0 saturated heterocycles. The number of amides is 1. The maximum absolute atomic E-state index is 12.6. The van der Waals surface area contributed by atoms with E-state index in [1.807, 2.05) is 13.8 Å². The fourth-order valence-corrected chi connectivity index (χ4v) is 3.49. The average molecular weight is 432 g/mol. The summed E-state index contributed by atoms with van der Waals surface area (Å²) in [6, 6.07) is 7.39. The molecule has 1 amide bonds. The summed E-state index contributed by atoms with van der Waals surface area (Å²) < 4.78 is 13.9. The van der Waals surface area contributed by atoms with Crippen molar-refractivity contribution in [2.24, 2.45) is 0 Å². The van der Waals surface area contributed by atoms with Crippen LogP contribution in [0.15, 0.2) is 41.3 Å². The number of carbonyl (C=O) groups excluding carboxylic acids is 2. The molecule has 10 heteroatoms. The molecule has 4 rings (SSSR count). The highest BCUT2D eigenvalue weighted by atomic mass is 16.5. The van der Waals surface area contributed by atoms with Crippen LogP contribution in [0.5, 0.6) is 0 Å². The van der Waals surface area contributed by atoms with Crippen molar-refractivity contribution in [3.63, 3.8) is 0 Å². The molecule has 0 bridgehead atoms. The molecule has 0 spiro atoms. The van der Waals surface area contributed by atoms with E-state index >= 15 is 0 Å². The molecule has 162 valence electrons. The Morgan fingerprint density at radius 2 is 2.09 bits per heavy atom. The maximum Gasteiger partial charge on any atom is 0.344 e. The lowest BCUT2D eigenvalue weighted by Gasteiger charge is -2.12. The van der Waals surface area contributed by atoms with Gasteiger partial charge in [-0.25, -0.2) is 14.3 Å². The predicted molar refractivity (Wildman–Crippen MR) is 113 cm³/mol. The summed E-state index contributed by atoms with van der Waals surface area (Å²) in [5.41, 5.74) is 2.90. The van der Waals surface area contributed by atoms with Crippen molar-refractivity contribution in [1.82, 2.24) is 19.2 Å². The van der Waals surface area contributed by atoms with Gasteiger partial charge in [-0.3, -0.25) is 4.79 Å². The minimum atomic E-state index is -0.704. The van der Waals surface area contributed by atoms with E-state index in [1.165, 1.54) is 4.52 Å². The molecule has 0 aliphatic carbocycles. The molecule has 0 aromatic carbocycles. The van der Waals surface area contributed by atoms with E-state index in [0.717, 1.165) is 11.3 Å². The first kappa shape index (κ1) is 20.9. The maximum atomic E-state index is 12.6. The molecule has 4 heterocycles. The van der Waals surface area contributed by atoms with E-state index in [4.69, 9.17) is 9.15 Å². The summed E-state index contributed by atoms with van der Waals surface area (Å²) in [7, 11) is 0. The van der Waals surface area contributed by atoms with Crippen LogP contribution in [0, 0.1) is 32.1 Å². The van der Waals surface area contributed by atoms with Crippen LogP contribution in [-0.2, 0) is 16.1 Å². The SMILES string of the molecule is Cc1nn2cccnc2c1C(=O)OCC(=O)Nc1c(C#N)c(C)c(C)n1Cc1ccco1. The third-order valence-corrected chi connectivity index (χ3v) is 5.20. The van der Waals surface area contributed by atoms with E-state index in [2.05, 4.69) is 21.5 Å². The van der Waals surface area contributed by atoms with Gasteiger partial charge in [0.1, 0.15) is 23.2 Å². The molecule has 0 radical (unpaired) electrons. The summed E-state index contributed by atoms with van der Waals surface area (Å²) in [6.45, 7) is 5.14. The van der Waals surface area contributed by atoms with E-state index in [1.54, 1.807) is 48.3 Å². The fraction of sp³-hybridized carbons (Fsp3) is 0.227. The third-order valence-electron chi connectivity index (χ3n) is 5.20. The molecule has 0 saturated carbocycles. The van der Waals surface area contributed by atoms with Gasteiger partial charge in [0.25, 0.3) is 5.91 Å². The molecule has 4 aromatic heterocycles. The molecule has 4 aromatic rings. The third kappa shape index (κ3) is 3.72. The number of carbonyl (C=O) groups is 2. The topological polar surface area (TPSA) is 127 Å². The number of nitriles is 1. The van der Waals surface area contributed by atoms with Gasteiger partial charge >= 0.3 is 5.97 Å². The van der Waals surface area contributed by atoms with Crippen molar-refractivity contribution >= 4 is 23.3 Å². The molecular formula is C22H20N6O4.